The monoisotopic (exact) mass is 364 g/mol. The first-order valence-corrected chi connectivity index (χ1v) is 8.50. The van der Waals surface area contributed by atoms with Gasteiger partial charge in [-0.3, -0.25) is 14.8 Å². The lowest BCUT2D eigenvalue weighted by atomic mass is 10.1. The van der Waals surface area contributed by atoms with Gasteiger partial charge in [0.25, 0.3) is 0 Å². The van der Waals surface area contributed by atoms with E-state index in [1.165, 1.54) is 7.11 Å². The number of aromatic nitrogens is 2. The fraction of sp³-hybridized carbons (Fsp3) is 0.190. The minimum Gasteiger partial charge on any atom is -0.487 e. The van der Waals surface area contributed by atoms with Crippen LogP contribution in [0.25, 0.3) is 0 Å². The van der Waals surface area contributed by atoms with Crippen LogP contribution in [0.3, 0.4) is 0 Å². The van der Waals surface area contributed by atoms with Crippen molar-refractivity contribution in [2.45, 2.75) is 19.6 Å². The molecule has 3 rings (SSSR count). The predicted octanol–water partition coefficient (Wildman–Crippen LogP) is 3.35. The highest BCUT2D eigenvalue weighted by atomic mass is 16.5. The molecule has 0 N–H and O–H groups in total. The van der Waals surface area contributed by atoms with Crippen molar-refractivity contribution in [1.82, 2.24) is 9.97 Å². The Morgan fingerprint density at radius 1 is 0.889 bits per heavy atom. The molecule has 0 bridgehead atoms. The Labute approximate surface area is 157 Å². The SMILES string of the molecule is COC(=O)Cc1cc(OCc2ccccn2)ccc1OCc1ccccn1. The first-order chi connectivity index (χ1) is 13.2. The molecule has 0 saturated carbocycles. The molecular formula is C21H20N2O4. The van der Waals surface area contributed by atoms with Gasteiger partial charge in [-0.1, -0.05) is 12.1 Å². The highest BCUT2D eigenvalue weighted by Gasteiger charge is 2.12. The van der Waals surface area contributed by atoms with Gasteiger partial charge in [-0.05, 0) is 42.5 Å². The molecule has 2 aromatic heterocycles. The number of nitrogens with zero attached hydrogens (tertiary/aromatic N) is 2. The van der Waals surface area contributed by atoms with Crippen LogP contribution in [0.5, 0.6) is 11.5 Å². The summed E-state index contributed by atoms with van der Waals surface area (Å²) in [7, 11) is 1.36. The fourth-order valence-corrected chi connectivity index (χ4v) is 2.43. The van der Waals surface area contributed by atoms with Crippen LogP contribution in [0.15, 0.2) is 67.0 Å². The maximum atomic E-state index is 11.8. The predicted molar refractivity (Wildman–Crippen MR) is 99.3 cm³/mol. The van der Waals surface area contributed by atoms with Crippen molar-refractivity contribution in [3.63, 3.8) is 0 Å². The van der Waals surface area contributed by atoms with Gasteiger partial charge in [0, 0.05) is 18.0 Å². The standard InChI is InChI=1S/C21H20N2O4/c1-25-21(24)13-16-12-19(26-14-17-6-2-4-10-22-17)8-9-20(16)27-15-18-7-3-5-11-23-18/h2-12H,13-15H2,1H3. The summed E-state index contributed by atoms with van der Waals surface area (Å²) in [6, 6.07) is 16.6. The van der Waals surface area contributed by atoms with Crippen LogP contribution in [0.1, 0.15) is 17.0 Å². The molecular weight excluding hydrogens is 344 g/mol. The minimum atomic E-state index is -0.348. The molecule has 0 aliphatic carbocycles. The van der Waals surface area contributed by atoms with Gasteiger partial charge in [-0.2, -0.15) is 0 Å². The topological polar surface area (TPSA) is 70.5 Å². The summed E-state index contributed by atoms with van der Waals surface area (Å²) in [5.74, 6) is 0.876. The van der Waals surface area contributed by atoms with Crippen LogP contribution in [0, 0.1) is 0 Å². The summed E-state index contributed by atoms with van der Waals surface area (Å²) in [4.78, 5) is 20.2. The summed E-state index contributed by atoms with van der Waals surface area (Å²) < 4.78 is 16.4. The largest absolute Gasteiger partial charge is 0.487 e. The molecule has 1 aromatic carbocycles. The number of hydrogen-bond donors (Lipinski definition) is 0. The molecule has 0 aliphatic heterocycles. The van der Waals surface area contributed by atoms with E-state index in [9.17, 15) is 4.79 Å². The number of ether oxygens (including phenoxy) is 3. The van der Waals surface area contributed by atoms with E-state index < -0.39 is 0 Å². The van der Waals surface area contributed by atoms with Crippen molar-refractivity contribution in [3.8, 4) is 11.5 Å². The van der Waals surface area contributed by atoms with E-state index in [1.54, 1.807) is 30.6 Å². The lowest BCUT2D eigenvalue weighted by Gasteiger charge is -2.13. The van der Waals surface area contributed by atoms with E-state index in [2.05, 4.69) is 9.97 Å². The number of hydrogen-bond acceptors (Lipinski definition) is 6. The van der Waals surface area contributed by atoms with Gasteiger partial charge in [0.05, 0.1) is 24.9 Å². The van der Waals surface area contributed by atoms with Crippen molar-refractivity contribution in [2.75, 3.05) is 7.11 Å². The van der Waals surface area contributed by atoms with E-state index in [4.69, 9.17) is 14.2 Å². The summed E-state index contributed by atoms with van der Waals surface area (Å²) in [5, 5.41) is 0. The second-order valence-corrected chi connectivity index (χ2v) is 5.74. The Morgan fingerprint density at radius 3 is 2.15 bits per heavy atom. The average molecular weight is 364 g/mol. The normalized spacial score (nSPS) is 10.3. The minimum absolute atomic E-state index is 0.0921. The van der Waals surface area contributed by atoms with Gasteiger partial charge in [0.15, 0.2) is 0 Å². The molecule has 2 heterocycles. The van der Waals surface area contributed by atoms with Crippen molar-refractivity contribution >= 4 is 5.97 Å². The third-order valence-corrected chi connectivity index (χ3v) is 3.81. The Kier molecular flexibility index (Phi) is 6.35. The molecule has 6 heteroatoms. The molecule has 0 saturated heterocycles. The Balaban J connectivity index is 1.72. The number of carbonyl (C=O) groups excluding carboxylic acids is 1. The second kappa shape index (κ2) is 9.33. The quantitative estimate of drug-likeness (QED) is 0.571. The molecule has 6 nitrogen and oxygen atoms in total. The molecule has 0 unspecified atom stereocenters. The number of carbonyl (C=O) groups is 1. The van der Waals surface area contributed by atoms with Crippen molar-refractivity contribution in [2.24, 2.45) is 0 Å². The van der Waals surface area contributed by atoms with Crippen molar-refractivity contribution in [1.29, 1.82) is 0 Å². The van der Waals surface area contributed by atoms with Gasteiger partial charge < -0.3 is 14.2 Å². The summed E-state index contributed by atoms with van der Waals surface area (Å²) >= 11 is 0. The number of benzene rings is 1. The summed E-state index contributed by atoms with van der Waals surface area (Å²) in [6.07, 6.45) is 3.52. The van der Waals surface area contributed by atoms with Crippen molar-refractivity contribution < 1.29 is 19.0 Å². The maximum Gasteiger partial charge on any atom is 0.310 e. The van der Waals surface area contributed by atoms with E-state index in [1.807, 2.05) is 36.4 Å². The van der Waals surface area contributed by atoms with Crippen LogP contribution >= 0.6 is 0 Å². The lowest BCUT2D eigenvalue weighted by Crippen LogP contribution is -2.08. The third kappa shape index (κ3) is 5.54. The summed E-state index contributed by atoms with van der Waals surface area (Å²) in [5.41, 5.74) is 2.32. The van der Waals surface area contributed by atoms with Gasteiger partial charge in [0.2, 0.25) is 0 Å². The summed E-state index contributed by atoms with van der Waals surface area (Å²) in [6.45, 7) is 0.649. The van der Waals surface area contributed by atoms with Gasteiger partial charge >= 0.3 is 5.97 Å². The number of rotatable bonds is 8. The Morgan fingerprint density at radius 2 is 1.56 bits per heavy atom. The van der Waals surface area contributed by atoms with Crippen LogP contribution in [-0.2, 0) is 29.2 Å². The van der Waals surface area contributed by atoms with E-state index >= 15 is 0 Å². The smallest absolute Gasteiger partial charge is 0.310 e. The average Bonchev–Trinajstić information content (AvgIpc) is 2.73. The van der Waals surface area contributed by atoms with Gasteiger partial charge in [0.1, 0.15) is 24.7 Å². The molecule has 0 aliphatic rings. The van der Waals surface area contributed by atoms with E-state index in [0.29, 0.717) is 30.3 Å². The van der Waals surface area contributed by atoms with Gasteiger partial charge in [-0.15, -0.1) is 0 Å². The van der Waals surface area contributed by atoms with Crippen LogP contribution < -0.4 is 9.47 Å². The zero-order valence-electron chi connectivity index (χ0n) is 15.0. The molecule has 0 radical (unpaired) electrons. The molecule has 3 aromatic rings. The Hall–Kier alpha value is -3.41. The lowest BCUT2D eigenvalue weighted by molar-refractivity contribution is -0.139. The third-order valence-electron chi connectivity index (χ3n) is 3.81. The maximum absolute atomic E-state index is 11.8. The second-order valence-electron chi connectivity index (χ2n) is 5.74. The van der Waals surface area contributed by atoms with Crippen molar-refractivity contribution in [3.05, 3.63) is 83.9 Å². The highest BCUT2D eigenvalue weighted by Crippen LogP contribution is 2.26. The van der Waals surface area contributed by atoms with Crippen LogP contribution in [-0.4, -0.2) is 23.0 Å². The molecule has 0 atom stereocenters. The zero-order valence-corrected chi connectivity index (χ0v) is 15.0. The van der Waals surface area contributed by atoms with E-state index in [0.717, 1.165) is 11.4 Å². The fourth-order valence-electron chi connectivity index (χ4n) is 2.43. The van der Waals surface area contributed by atoms with Gasteiger partial charge in [-0.25, -0.2) is 0 Å². The highest BCUT2D eigenvalue weighted by molar-refractivity contribution is 5.73. The number of pyridine rings is 2. The molecule has 0 fully saturated rings. The number of methoxy groups -OCH3 is 1. The Bertz CT molecular complexity index is 870. The number of esters is 1. The zero-order chi connectivity index (χ0) is 18.9. The molecule has 0 spiro atoms. The molecule has 138 valence electrons. The molecule has 0 amide bonds. The molecule has 27 heavy (non-hydrogen) atoms. The van der Waals surface area contributed by atoms with Crippen LogP contribution in [0.4, 0.5) is 0 Å². The van der Waals surface area contributed by atoms with Crippen LogP contribution in [0.2, 0.25) is 0 Å². The first kappa shape index (κ1) is 18.4. The first-order valence-electron chi connectivity index (χ1n) is 8.50. The van der Waals surface area contributed by atoms with E-state index in [-0.39, 0.29) is 12.4 Å².